The van der Waals surface area contributed by atoms with E-state index in [9.17, 15) is 0 Å². The van der Waals surface area contributed by atoms with Crippen molar-refractivity contribution in [3.05, 3.63) is 48.0 Å². The zero-order valence-corrected chi connectivity index (χ0v) is 12.1. The van der Waals surface area contributed by atoms with Crippen LogP contribution in [0.5, 0.6) is 0 Å². The molecular weight excluding hydrogens is 234 g/mol. The normalized spacial score (nSPS) is 10.3. The molecule has 0 saturated heterocycles. The van der Waals surface area contributed by atoms with Crippen LogP contribution in [0, 0.1) is 0 Å². The maximum Gasteiger partial charge on any atom is 0.195 e. The molecule has 0 bridgehead atoms. The zero-order chi connectivity index (χ0) is 13.8. The monoisotopic (exact) mass is 255 g/mol. The van der Waals surface area contributed by atoms with E-state index in [4.69, 9.17) is 4.99 Å². The van der Waals surface area contributed by atoms with Gasteiger partial charge in [-0.3, -0.25) is 0 Å². The summed E-state index contributed by atoms with van der Waals surface area (Å²) in [5.41, 5.74) is 1.26. The number of aliphatic imine (C=N–C) groups is 1. The molecule has 0 N–H and O–H groups in total. The van der Waals surface area contributed by atoms with Gasteiger partial charge in [-0.1, -0.05) is 42.5 Å². The molecular formula is C16H21N3. The Kier molecular flexibility index (Phi) is 4.05. The van der Waals surface area contributed by atoms with Crippen molar-refractivity contribution in [2.75, 3.05) is 28.2 Å². The van der Waals surface area contributed by atoms with E-state index in [0.29, 0.717) is 6.54 Å². The first-order valence-corrected chi connectivity index (χ1v) is 6.45. The highest BCUT2D eigenvalue weighted by molar-refractivity contribution is 5.86. The first-order chi connectivity index (χ1) is 9.09. The van der Waals surface area contributed by atoms with Crippen LogP contribution >= 0.6 is 0 Å². The van der Waals surface area contributed by atoms with E-state index < -0.39 is 0 Å². The second kappa shape index (κ2) is 5.74. The molecule has 0 fully saturated rings. The quantitative estimate of drug-likeness (QED) is 0.607. The fraction of sp³-hybridized carbons (Fsp3) is 0.312. The molecule has 2 aromatic carbocycles. The molecule has 0 heterocycles. The summed E-state index contributed by atoms with van der Waals surface area (Å²) in [4.78, 5) is 8.78. The molecule has 0 aromatic heterocycles. The van der Waals surface area contributed by atoms with Crippen LogP contribution in [0.25, 0.3) is 10.8 Å². The number of hydrogen-bond acceptors (Lipinski definition) is 1. The molecule has 0 aliphatic rings. The van der Waals surface area contributed by atoms with Gasteiger partial charge in [-0.15, -0.1) is 0 Å². The lowest BCUT2D eigenvalue weighted by Crippen LogP contribution is -2.35. The Hall–Kier alpha value is -2.03. The topological polar surface area (TPSA) is 18.8 Å². The lowest BCUT2D eigenvalue weighted by molar-refractivity contribution is 0.479. The Morgan fingerprint density at radius 1 is 0.895 bits per heavy atom. The molecule has 0 radical (unpaired) electrons. The predicted molar refractivity (Wildman–Crippen MR) is 82.5 cm³/mol. The number of rotatable bonds is 2. The molecule has 3 nitrogen and oxygen atoms in total. The van der Waals surface area contributed by atoms with Gasteiger partial charge in [0.25, 0.3) is 0 Å². The SMILES string of the molecule is CN(C)C(=NCc1cccc2ccccc12)N(C)C. The fourth-order valence-electron chi connectivity index (χ4n) is 2.27. The Morgan fingerprint density at radius 3 is 2.21 bits per heavy atom. The zero-order valence-electron chi connectivity index (χ0n) is 12.1. The molecule has 2 rings (SSSR count). The Bertz CT molecular complexity index is 570. The Balaban J connectivity index is 2.34. The van der Waals surface area contributed by atoms with E-state index in [0.717, 1.165) is 5.96 Å². The average Bonchev–Trinajstić information content (AvgIpc) is 2.38. The minimum Gasteiger partial charge on any atom is -0.349 e. The second-order valence-electron chi connectivity index (χ2n) is 5.04. The van der Waals surface area contributed by atoms with Gasteiger partial charge >= 0.3 is 0 Å². The lowest BCUT2D eigenvalue weighted by atomic mass is 10.1. The van der Waals surface area contributed by atoms with Crippen molar-refractivity contribution in [3.63, 3.8) is 0 Å². The van der Waals surface area contributed by atoms with Crippen LogP contribution in [-0.4, -0.2) is 44.0 Å². The number of benzene rings is 2. The molecule has 0 aliphatic heterocycles. The summed E-state index contributed by atoms with van der Waals surface area (Å²) in [6, 6.07) is 14.8. The maximum atomic E-state index is 4.71. The highest BCUT2D eigenvalue weighted by atomic mass is 15.3. The predicted octanol–water partition coefficient (Wildman–Crippen LogP) is 2.82. The number of guanidine groups is 1. The largest absolute Gasteiger partial charge is 0.349 e. The van der Waals surface area contributed by atoms with Crippen molar-refractivity contribution >= 4 is 16.7 Å². The van der Waals surface area contributed by atoms with Crippen LogP contribution in [0.4, 0.5) is 0 Å². The molecule has 0 atom stereocenters. The average molecular weight is 255 g/mol. The summed E-state index contributed by atoms with van der Waals surface area (Å²) in [7, 11) is 8.06. The highest BCUT2D eigenvalue weighted by Gasteiger charge is 2.05. The van der Waals surface area contributed by atoms with Crippen LogP contribution in [0.1, 0.15) is 5.56 Å². The van der Waals surface area contributed by atoms with Gasteiger partial charge in [-0.05, 0) is 16.3 Å². The van der Waals surface area contributed by atoms with Crippen molar-refractivity contribution in [1.29, 1.82) is 0 Å². The summed E-state index contributed by atoms with van der Waals surface area (Å²) in [6.45, 7) is 0.701. The third-order valence-electron chi connectivity index (χ3n) is 3.07. The molecule has 0 saturated carbocycles. The van der Waals surface area contributed by atoms with Crippen LogP contribution < -0.4 is 0 Å². The van der Waals surface area contributed by atoms with Gasteiger partial charge in [-0.25, -0.2) is 4.99 Å². The van der Waals surface area contributed by atoms with Crippen molar-refractivity contribution in [2.24, 2.45) is 4.99 Å². The molecule has 19 heavy (non-hydrogen) atoms. The van der Waals surface area contributed by atoms with E-state index in [-0.39, 0.29) is 0 Å². The van der Waals surface area contributed by atoms with E-state index >= 15 is 0 Å². The van der Waals surface area contributed by atoms with Gasteiger partial charge in [0.15, 0.2) is 5.96 Å². The third-order valence-corrected chi connectivity index (χ3v) is 3.07. The summed E-state index contributed by atoms with van der Waals surface area (Å²) in [6.07, 6.45) is 0. The van der Waals surface area contributed by atoms with Gasteiger partial charge < -0.3 is 9.80 Å². The van der Waals surface area contributed by atoms with Gasteiger partial charge in [0, 0.05) is 28.2 Å². The molecule has 3 heteroatoms. The Morgan fingerprint density at radius 2 is 1.53 bits per heavy atom. The van der Waals surface area contributed by atoms with Gasteiger partial charge in [0.1, 0.15) is 0 Å². The summed E-state index contributed by atoms with van der Waals surface area (Å²) in [5.74, 6) is 0.980. The van der Waals surface area contributed by atoms with Gasteiger partial charge in [0.05, 0.1) is 6.54 Å². The first kappa shape index (κ1) is 13.4. The molecule has 0 amide bonds. The molecule has 0 unspecified atom stereocenters. The minimum atomic E-state index is 0.701. The van der Waals surface area contributed by atoms with E-state index in [1.54, 1.807) is 0 Å². The lowest BCUT2D eigenvalue weighted by Gasteiger charge is -2.22. The molecule has 100 valence electrons. The van der Waals surface area contributed by atoms with Crippen molar-refractivity contribution in [2.45, 2.75) is 6.54 Å². The van der Waals surface area contributed by atoms with Crippen LogP contribution in [0.3, 0.4) is 0 Å². The van der Waals surface area contributed by atoms with Crippen molar-refractivity contribution in [3.8, 4) is 0 Å². The van der Waals surface area contributed by atoms with Gasteiger partial charge in [-0.2, -0.15) is 0 Å². The number of hydrogen-bond donors (Lipinski definition) is 0. The number of fused-ring (bicyclic) bond motifs is 1. The van der Waals surface area contributed by atoms with Crippen molar-refractivity contribution < 1.29 is 0 Å². The maximum absolute atomic E-state index is 4.71. The summed E-state index contributed by atoms with van der Waals surface area (Å²) >= 11 is 0. The van der Waals surface area contributed by atoms with Crippen molar-refractivity contribution in [1.82, 2.24) is 9.80 Å². The summed E-state index contributed by atoms with van der Waals surface area (Å²) < 4.78 is 0. The van der Waals surface area contributed by atoms with E-state index in [1.807, 2.05) is 38.0 Å². The van der Waals surface area contributed by atoms with Crippen LogP contribution in [0.15, 0.2) is 47.5 Å². The molecule has 0 spiro atoms. The highest BCUT2D eigenvalue weighted by Crippen LogP contribution is 2.19. The summed E-state index contributed by atoms with van der Waals surface area (Å²) in [5, 5.41) is 2.55. The minimum absolute atomic E-state index is 0.701. The second-order valence-corrected chi connectivity index (χ2v) is 5.04. The standard InChI is InChI=1S/C16H21N3/c1-18(2)16(19(3)4)17-12-14-10-7-9-13-8-5-6-11-15(13)14/h5-11H,12H2,1-4H3. The molecule has 2 aromatic rings. The van der Waals surface area contributed by atoms with Crippen LogP contribution in [-0.2, 0) is 6.54 Å². The van der Waals surface area contributed by atoms with E-state index in [2.05, 4.69) is 42.5 Å². The van der Waals surface area contributed by atoms with E-state index in [1.165, 1.54) is 16.3 Å². The van der Waals surface area contributed by atoms with Crippen LogP contribution in [0.2, 0.25) is 0 Å². The van der Waals surface area contributed by atoms with Gasteiger partial charge in [0.2, 0.25) is 0 Å². The smallest absolute Gasteiger partial charge is 0.195 e. The Labute approximate surface area is 115 Å². The third kappa shape index (κ3) is 3.05. The molecule has 0 aliphatic carbocycles. The first-order valence-electron chi connectivity index (χ1n) is 6.45. The number of nitrogens with zero attached hydrogens (tertiary/aromatic N) is 3. The fourth-order valence-corrected chi connectivity index (χ4v) is 2.27.